The van der Waals surface area contributed by atoms with E-state index in [9.17, 15) is 14.7 Å². The number of benzene rings is 1. The van der Waals surface area contributed by atoms with Gasteiger partial charge in [-0.2, -0.15) is 0 Å². The zero-order valence-corrected chi connectivity index (χ0v) is 12.9. The van der Waals surface area contributed by atoms with Crippen molar-refractivity contribution in [2.24, 2.45) is 0 Å². The summed E-state index contributed by atoms with van der Waals surface area (Å²) < 4.78 is 9.97. The summed E-state index contributed by atoms with van der Waals surface area (Å²) in [5.41, 5.74) is -0.472. The van der Waals surface area contributed by atoms with Crippen LogP contribution in [0, 0.1) is 0 Å². The number of phenols is 1. The number of nitrogens with one attached hydrogen (secondary N) is 1. The first kappa shape index (κ1) is 16.8. The summed E-state index contributed by atoms with van der Waals surface area (Å²) in [6.45, 7) is 6.95. The van der Waals surface area contributed by atoms with Gasteiger partial charge in [-0.1, -0.05) is 6.07 Å². The first-order valence-corrected chi connectivity index (χ1v) is 6.54. The summed E-state index contributed by atoms with van der Waals surface area (Å²) in [6, 6.07) is 4.46. The molecule has 0 fully saturated rings. The molecular weight excluding hydrogens is 274 g/mol. The minimum atomic E-state index is -0.970. The van der Waals surface area contributed by atoms with Gasteiger partial charge in [-0.3, -0.25) is 4.79 Å². The highest BCUT2D eigenvalue weighted by Gasteiger charge is 2.24. The Hall–Kier alpha value is -2.24. The highest BCUT2D eigenvalue weighted by Crippen LogP contribution is 2.29. The van der Waals surface area contributed by atoms with Gasteiger partial charge in [0.2, 0.25) is 0 Å². The number of para-hydroxylation sites is 1. The fraction of sp³-hybridized carbons (Fsp3) is 0.467. The van der Waals surface area contributed by atoms with Gasteiger partial charge in [0.1, 0.15) is 5.56 Å². The molecule has 0 aliphatic heterocycles. The molecule has 1 rings (SSSR count). The van der Waals surface area contributed by atoms with E-state index in [4.69, 9.17) is 9.47 Å². The highest BCUT2D eigenvalue weighted by atomic mass is 16.5. The third-order valence-corrected chi connectivity index (χ3v) is 2.59. The zero-order chi connectivity index (χ0) is 16.2. The van der Waals surface area contributed by atoms with Gasteiger partial charge in [-0.15, -0.1) is 0 Å². The highest BCUT2D eigenvalue weighted by molar-refractivity contribution is 5.95. The standard InChI is InChI=1S/C15H21NO5/c1-9(13(18)16-15(2,3)4)21-14(19)10-7-6-8-11(20-5)12(10)17/h6-9,17H,1-5H3,(H,16,18). The lowest BCUT2D eigenvalue weighted by molar-refractivity contribution is -0.130. The van der Waals surface area contributed by atoms with Gasteiger partial charge in [0.15, 0.2) is 17.6 Å². The largest absolute Gasteiger partial charge is 0.504 e. The molecule has 1 aromatic carbocycles. The van der Waals surface area contributed by atoms with Crippen molar-refractivity contribution in [3.63, 3.8) is 0 Å². The average Bonchev–Trinajstić information content (AvgIpc) is 2.36. The second kappa shape index (κ2) is 6.47. The van der Waals surface area contributed by atoms with Crippen LogP contribution >= 0.6 is 0 Å². The number of esters is 1. The number of ether oxygens (including phenoxy) is 2. The number of hydrogen-bond acceptors (Lipinski definition) is 5. The lowest BCUT2D eigenvalue weighted by Crippen LogP contribution is -2.46. The number of carbonyl (C=O) groups is 2. The minimum absolute atomic E-state index is 0.0511. The maximum Gasteiger partial charge on any atom is 0.342 e. The first-order chi connectivity index (χ1) is 9.65. The van der Waals surface area contributed by atoms with E-state index in [1.165, 1.54) is 26.2 Å². The maximum atomic E-state index is 12.0. The Balaban J connectivity index is 2.80. The van der Waals surface area contributed by atoms with E-state index in [0.717, 1.165) is 0 Å². The summed E-state index contributed by atoms with van der Waals surface area (Å²) >= 11 is 0. The smallest absolute Gasteiger partial charge is 0.342 e. The van der Waals surface area contributed by atoms with Crippen molar-refractivity contribution in [3.05, 3.63) is 23.8 Å². The molecule has 0 bridgehead atoms. The number of aromatic hydroxyl groups is 1. The Labute approximate surface area is 124 Å². The van der Waals surface area contributed by atoms with Crippen LogP contribution in [0.1, 0.15) is 38.1 Å². The van der Waals surface area contributed by atoms with Crippen LogP contribution in [-0.2, 0) is 9.53 Å². The summed E-state index contributed by atoms with van der Waals surface area (Å²) in [6.07, 6.45) is -0.970. The van der Waals surface area contributed by atoms with Crippen LogP contribution < -0.4 is 10.1 Å². The molecule has 6 nitrogen and oxygen atoms in total. The Bertz CT molecular complexity index is 533. The van der Waals surface area contributed by atoms with Gasteiger partial charge in [-0.05, 0) is 39.8 Å². The van der Waals surface area contributed by atoms with Crippen molar-refractivity contribution in [1.29, 1.82) is 0 Å². The van der Waals surface area contributed by atoms with Gasteiger partial charge in [0.25, 0.3) is 5.91 Å². The van der Waals surface area contributed by atoms with Crippen LogP contribution in [0.25, 0.3) is 0 Å². The van der Waals surface area contributed by atoms with E-state index in [1.54, 1.807) is 6.07 Å². The molecular formula is C15H21NO5. The van der Waals surface area contributed by atoms with Crippen LogP contribution in [0.2, 0.25) is 0 Å². The van der Waals surface area contributed by atoms with Crippen LogP contribution in [0.5, 0.6) is 11.5 Å². The van der Waals surface area contributed by atoms with E-state index >= 15 is 0 Å². The molecule has 0 saturated heterocycles. The van der Waals surface area contributed by atoms with Crippen LogP contribution in [0.4, 0.5) is 0 Å². The lowest BCUT2D eigenvalue weighted by atomic mass is 10.1. The predicted octanol–water partition coefficient (Wildman–Crippen LogP) is 1.86. The summed E-state index contributed by atoms with van der Waals surface area (Å²) in [5, 5.41) is 12.6. The molecule has 0 heterocycles. The first-order valence-electron chi connectivity index (χ1n) is 6.54. The third-order valence-electron chi connectivity index (χ3n) is 2.59. The molecule has 0 aliphatic rings. The van der Waals surface area contributed by atoms with Gasteiger partial charge in [0.05, 0.1) is 7.11 Å². The van der Waals surface area contributed by atoms with E-state index in [1.807, 2.05) is 20.8 Å². The number of rotatable bonds is 4. The molecule has 116 valence electrons. The molecule has 6 heteroatoms. The average molecular weight is 295 g/mol. The molecule has 2 N–H and O–H groups in total. The molecule has 0 radical (unpaired) electrons. The monoisotopic (exact) mass is 295 g/mol. The summed E-state index contributed by atoms with van der Waals surface area (Å²) in [7, 11) is 1.38. The van der Waals surface area contributed by atoms with Gasteiger partial charge >= 0.3 is 5.97 Å². The zero-order valence-electron chi connectivity index (χ0n) is 12.9. The Morgan fingerprint density at radius 2 is 1.90 bits per heavy atom. The van der Waals surface area contributed by atoms with Gasteiger partial charge in [-0.25, -0.2) is 4.79 Å². The maximum absolute atomic E-state index is 12.0. The SMILES string of the molecule is COc1cccc(C(=O)OC(C)C(=O)NC(C)(C)C)c1O. The molecule has 0 aliphatic carbocycles. The summed E-state index contributed by atoms with van der Waals surface area (Å²) in [5.74, 6) is -1.34. The van der Waals surface area contributed by atoms with Crippen molar-refractivity contribution in [1.82, 2.24) is 5.32 Å². The second-order valence-corrected chi connectivity index (χ2v) is 5.64. The second-order valence-electron chi connectivity index (χ2n) is 5.64. The topological polar surface area (TPSA) is 84.9 Å². The van der Waals surface area contributed by atoms with Crippen LogP contribution in [-0.4, -0.2) is 35.7 Å². The van der Waals surface area contributed by atoms with E-state index < -0.39 is 23.5 Å². The predicted molar refractivity (Wildman–Crippen MR) is 77.4 cm³/mol. The fourth-order valence-electron chi connectivity index (χ4n) is 1.60. The van der Waals surface area contributed by atoms with E-state index in [0.29, 0.717) is 0 Å². The minimum Gasteiger partial charge on any atom is -0.504 e. The molecule has 1 amide bonds. The van der Waals surface area contributed by atoms with Crippen molar-refractivity contribution in [3.8, 4) is 11.5 Å². The quantitative estimate of drug-likeness (QED) is 0.828. The normalized spacial score (nSPS) is 12.4. The molecule has 0 spiro atoms. The van der Waals surface area contributed by atoms with Gasteiger partial charge < -0.3 is 19.9 Å². The van der Waals surface area contributed by atoms with Gasteiger partial charge in [0, 0.05) is 5.54 Å². The van der Waals surface area contributed by atoms with Crippen molar-refractivity contribution in [2.45, 2.75) is 39.3 Å². The van der Waals surface area contributed by atoms with Crippen LogP contribution in [0.15, 0.2) is 18.2 Å². The van der Waals surface area contributed by atoms with Crippen molar-refractivity contribution in [2.75, 3.05) is 7.11 Å². The number of carbonyl (C=O) groups excluding carboxylic acids is 2. The van der Waals surface area contributed by atoms with E-state index in [2.05, 4.69) is 5.32 Å². The number of hydrogen-bond donors (Lipinski definition) is 2. The molecule has 21 heavy (non-hydrogen) atoms. The Morgan fingerprint density at radius 3 is 2.43 bits per heavy atom. The van der Waals surface area contributed by atoms with Crippen LogP contribution in [0.3, 0.4) is 0 Å². The number of amides is 1. The summed E-state index contributed by atoms with van der Waals surface area (Å²) in [4.78, 5) is 23.9. The molecule has 0 saturated carbocycles. The van der Waals surface area contributed by atoms with Crippen molar-refractivity contribution >= 4 is 11.9 Å². The Kier molecular flexibility index (Phi) is 5.18. The molecule has 1 atom stereocenters. The molecule has 0 aromatic heterocycles. The molecule has 1 unspecified atom stereocenters. The lowest BCUT2D eigenvalue weighted by Gasteiger charge is -2.23. The number of phenolic OH excluding ortho intramolecular Hbond substituents is 1. The molecule has 1 aromatic rings. The third kappa shape index (κ3) is 4.66. The van der Waals surface area contributed by atoms with E-state index in [-0.39, 0.29) is 17.1 Å². The fourth-order valence-corrected chi connectivity index (χ4v) is 1.60. The van der Waals surface area contributed by atoms with Crippen molar-refractivity contribution < 1.29 is 24.2 Å². The Morgan fingerprint density at radius 1 is 1.29 bits per heavy atom. The number of methoxy groups -OCH3 is 1.